The molecule has 0 radical (unpaired) electrons. The fraction of sp³-hybridized carbons (Fsp3) is 0.409. The van der Waals surface area contributed by atoms with Gasteiger partial charge in [0.2, 0.25) is 5.43 Å². The van der Waals surface area contributed by atoms with E-state index >= 15 is 0 Å². The number of carbonyl (C=O) groups is 2. The highest BCUT2D eigenvalue weighted by Crippen LogP contribution is 2.38. The Bertz CT molecular complexity index is 1130. The van der Waals surface area contributed by atoms with Crippen LogP contribution < -0.4 is 10.7 Å². The second-order valence-corrected chi connectivity index (χ2v) is 8.36. The summed E-state index contributed by atoms with van der Waals surface area (Å²) < 4.78 is 20.6. The molecule has 2 amide bonds. The van der Waals surface area contributed by atoms with Crippen molar-refractivity contribution >= 4 is 11.8 Å². The number of carbonyl (C=O) groups excluding carboxylic acids is 2. The summed E-state index contributed by atoms with van der Waals surface area (Å²) in [5.41, 5.74) is -0.619. The molecule has 2 aliphatic heterocycles. The Hall–Kier alpha value is -3.20. The highest BCUT2D eigenvalue weighted by Gasteiger charge is 2.47. The van der Waals surface area contributed by atoms with Gasteiger partial charge in [-0.25, -0.2) is 4.39 Å². The first-order valence-electron chi connectivity index (χ1n) is 10.3. The van der Waals surface area contributed by atoms with Crippen molar-refractivity contribution in [1.82, 2.24) is 14.8 Å². The Labute approximate surface area is 177 Å². The zero-order valence-electron chi connectivity index (χ0n) is 16.9. The number of benzene rings is 1. The predicted octanol–water partition coefficient (Wildman–Crippen LogP) is 1.92. The average molecular weight is 427 g/mol. The van der Waals surface area contributed by atoms with Crippen molar-refractivity contribution in [3.05, 3.63) is 63.3 Å². The first kappa shape index (κ1) is 19.7. The van der Waals surface area contributed by atoms with Crippen molar-refractivity contribution in [3.8, 4) is 5.75 Å². The molecule has 3 aliphatic rings. The Morgan fingerprint density at radius 1 is 1.26 bits per heavy atom. The first-order valence-corrected chi connectivity index (χ1v) is 10.3. The van der Waals surface area contributed by atoms with Crippen LogP contribution in [0.5, 0.6) is 5.75 Å². The quantitative estimate of drug-likeness (QED) is 0.780. The summed E-state index contributed by atoms with van der Waals surface area (Å²) in [6, 6.07) is 5.20. The molecule has 1 saturated heterocycles. The summed E-state index contributed by atoms with van der Waals surface area (Å²) in [6.07, 6.45) is 3.39. The minimum Gasteiger partial charge on any atom is -0.503 e. The molecule has 5 rings (SSSR count). The Morgan fingerprint density at radius 2 is 2.00 bits per heavy atom. The minimum atomic E-state index is -0.899. The van der Waals surface area contributed by atoms with Crippen LogP contribution in [0.2, 0.25) is 0 Å². The molecule has 9 heteroatoms. The molecule has 1 aromatic carbocycles. The number of pyridine rings is 1. The van der Waals surface area contributed by atoms with Gasteiger partial charge >= 0.3 is 0 Å². The third kappa shape index (κ3) is 3.20. The molecule has 2 fully saturated rings. The van der Waals surface area contributed by atoms with Crippen LogP contribution in [0.4, 0.5) is 4.39 Å². The lowest BCUT2D eigenvalue weighted by Crippen LogP contribution is -2.57. The van der Waals surface area contributed by atoms with Crippen LogP contribution in [0.1, 0.15) is 58.6 Å². The summed E-state index contributed by atoms with van der Waals surface area (Å²) in [5, 5.41) is 13.2. The van der Waals surface area contributed by atoms with Gasteiger partial charge in [-0.15, -0.1) is 0 Å². The molecule has 0 spiro atoms. The van der Waals surface area contributed by atoms with Gasteiger partial charge in [0.1, 0.15) is 11.4 Å². The first-order chi connectivity index (χ1) is 14.8. The van der Waals surface area contributed by atoms with E-state index in [-0.39, 0.29) is 29.9 Å². The topological polar surface area (TPSA) is 101 Å². The van der Waals surface area contributed by atoms with Crippen LogP contribution >= 0.6 is 0 Å². The van der Waals surface area contributed by atoms with Gasteiger partial charge in [-0.05, 0) is 43.9 Å². The van der Waals surface area contributed by atoms with E-state index in [9.17, 15) is 23.9 Å². The standard InChI is InChI=1S/C22H22FN3O5/c1-11(12-2-4-13(23)5-3-12)24-21(29)16-9-25-10-17-26(14-6-7-15(8-14)31-17)22(30)18(25)20(28)19(16)27/h2-5,9,11,14-15,17,28H,6-8,10H2,1H3,(H,24,29)/t11-,14-,15+,17-/m0/s1. The molecule has 3 heterocycles. The molecule has 2 bridgehead atoms. The number of aromatic nitrogens is 1. The number of hydrogen-bond acceptors (Lipinski definition) is 5. The lowest BCUT2D eigenvalue weighted by atomic mass is 10.1. The van der Waals surface area contributed by atoms with Gasteiger partial charge in [0.25, 0.3) is 11.8 Å². The molecule has 0 unspecified atom stereocenters. The zero-order chi connectivity index (χ0) is 21.9. The molecule has 8 nitrogen and oxygen atoms in total. The lowest BCUT2D eigenvalue weighted by molar-refractivity contribution is -0.132. The Balaban J connectivity index is 1.45. The van der Waals surface area contributed by atoms with E-state index in [0.29, 0.717) is 5.56 Å². The van der Waals surface area contributed by atoms with Crippen molar-refractivity contribution in [2.75, 3.05) is 0 Å². The van der Waals surface area contributed by atoms with E-state index in [4.69, 9.17) is 4.74 Å². The summed E-state index contributed by atoms with van der Waals surface area (Å²) in [7, 11) is 0. The van der Waals surface area contributed by atoms with Crippen molar-refractivity contribution in [1.29, 1.82) is 0 Å². The van der Waals surface area contributed by atoms with Crippen molar-refractivity contribution in [2.24, 2.45) is 0 Å². The third-order valence-corrected chi connectivity index (χ3v) is 6.42. The molecule has 31 heavy (non-hydrogen) atoms. The number of rotatable bonds is 3. The number of nitrogens with zero attached hydrogens (tertiary/aromatic N) is 2. The van der Waals surface area contributed by atoms with E-state index in [1.807, 2.05) is 0 Å². The summed E-state index contributed by atoms with van der Waals surface area (Å²) in [6.45, 7) is 1.93. The average Bonchev–Trinajstić information content (AvgIpc) is 3.11. The highest BCUT2D eigenvalue weighted by atomic mass is 19.1. The fourth-order valence-corrected chi connectivity index (χ4v) is 4.82. The molecule has 1 aromatic heterocycles. The van der Waals surface area contributed by atoms with Crippen molar-refractivity contribution in [3.63, 3.8) is 0 Å². The number of ether oxygens (including phenoxy) is 1. The van der Waals surface area contributed by atoms with Crippen LogP contribution in [-0.2, 0) is 11.3 Å². The van der Waals surface area contributed by atoms with Crippen LogP contribution in [0.3, 0.4) is 0 Å². The monoisotopic (exact) mass is 427 g/mol. The summed E-state index contributed by atoms with van der Waals surface area (Å²) in [5.74, 6) is -2.27. The van der Waals surface area contributed by atoms with Crippen molar-refractivity contribution in [2.45, 2.75) is 57.1 Å². The third-order valence-electron chi connectivity index (χ3n) is 6.42. The normalized spacial score (nSPS) is 25.0. The van der Waals surface area contributed by atoms with E-state index in [2.05, 4.69) is 5.32 Å². The smallest absolute Gasteiger partial charge is 0.276 e. The molecule has 1 aliphatic carbocycles. The molecular formula is C22H22FN3O5. The number of nitrogens with one attached hydrogen (secondary N) is 1. The molecule has 2 aromatic rings. The zero-order valence-corrected chi connectivity index (χ0v) is 16.9. The SMILES string of the molecule is C[C@H](NC(=O)c1cn2c(c(O)c1=O)C(=O)N1[C@H]3CC[C@H](C3)O[C@H]1C2)c1ccc(F)cc1. The maximum Gasteiger partial charge on any atom is 0.276 e. The molecule has 4 atom stereocenters. The molecule has 1 saturated carbocycles. The Morgan fingerprint density at radius 3 is 2.74 bits per heavy atom. The largest absolute Gasteiger partial charge is 0.503 e. The predicted molar refractivity (Wildman–Crippen MR) is 107 cm³/mol. The number of fused-ring (bicyclic) bond motifs is 5. The van der Waals surface area contributed by atoms with E-state index in [1.165, 1.54) is 22.9 Å². The minimum absolute atomic E-state index is 0.0408. The summed E-state index contributed by atoms with van der Waals surface area (Å²) in [4.78, 5) is 40.2. The van der Waals surface area contributed by atoms with Gasteiger partial charge in [0.05, 0.1) is 18.7 Å². The number of aromatic hydroxyl groups is 1. The van der Waals surface area contributed by atoms with Crippen molar-refractivity contribution < 1.29 is 23.8 Å². The molecule has 2 N–H and O–H groups in total. The maximum atomic E-state index is 13.1. The van der Waals surface area contributed by atoms with Gasteiger partial charge in [-0.1, -0.05) is 12.1 Å². The van der Waals surface area contributed by atoms with Gasteiger partial charge in [0, 0.05) is 12.2 Å². The van der Waals surface area contributed by atoms with Gasteiger partial charge in [0.15, 0.2) is 17.7 Å². The van der Waals surface area contributed by atoms with Gasteiger partial charge in [-0.2, -0.15) is 0 Å². The van der Waals surface area contributed by atoms with Crippen LogP contribution in [0.15, 0.2) is 35.3 Å². The van der Waals surface area contributed by atoms with Crippen LogP contribution in [-0.4, -0.2) is 44.8 Å². The highest BCUT2D eigenvalue weighted by molar-refractivity contribution is 5.99. The van der Waals surface area contributed by atoms with Crippen LogP contribution in [0.25, 0.3) is 0 Å². The Kier molecular flexibility index (Phi) is 4.58. The second kappa shape index (κ2) is 7.19. The number of halogens is 1. The van der Waals surface area contributed by atoms with E-state index in [1.54, 1.807) is 24.0 Å². The van der Waals surface area contributed by atoms with E-state index < -0.39 is 41.1 Å². The molecular weight excluding hydrogens is 405 g/mol. The lowest BCUT2D eigenvalue weighted by Gasteiger charge is -2.44. The summed E-state index contributed by atoms with van der Waals surface area (Å²) >= 11 is 0. The van der Waals surface area contributed by atoms with Gasteiger partial charge < -0.3 is 24.6 Å². The van der Waals surface area contributed by atoms with E-state index in [0.717, 1.165) is 19.3 Å². The second-order valence-electron chi connectivity index (χ2n) is 8.36. The number of hydrogen-bond donors (Lipinski definition) is 2. The maximum absolute atomic E-state index is 13.1. The van der Waals surface area contributed by atoms with Gasteiger partial charge in [-0.3, -0.25) is 14.4 Å². The van der Waals surface area contributed by atoms with Crippen LogP contribution in [0, 0.1) is 5.82 Å². The fourth-order valence-electron chi connectivity index (χ4n) is 4.82. The number of amides is 2. The molecule has 162 valence electrons.